The van der Waals surface area contributed by atoms with E-state index in [9.17, 15) is 0 Å². The molecule has 6 heteroatoms. The predicted octanol–water partition coefficient (Wildman–Crippen LogP) is 2.25. The van der Waals surface area contributed by atoms with Gasteiger partial charge in [0.2, 0.25) is 11.9 Å². The number of hydrogen-bond acceptors (Lipinski definition) is 5. The number of hydrogen-bond donors (Lipinski definition) is 3. The molecule has 0 unspecified atom stereocenters. The molecule has 1 aromatic heterocycles. The monoisotopic (exact) mass is 291 g/mol. The van der Waals surface area contributed by atoms with Crippen LogP contribution in [0.2, 0.25) is 0 Å². The van der Waals surface area contributed by atoms with E-state index in [1.54, 1.807) is 0 Å². The Kier molecular flexibility index (Phi) is 4.54. The molecule has 0 aliphatic heterocycles. The van der Waals surface area contributed by atoms with E-state index in [2.05, 4.69) is 65.6 Å². The van der Waals surface area contributed by atoms with Gasteiger partial charge in [0, 0.05) is 18.8 Å². The van der Waals surface area contributed by atoms with Gasteiger partial charge < -0.3 is 10.6 Å². The van der Waals surface area contributed by atoms with Crippen LogP contribution in [0.4, 0.5) is 11.9 Å². The van der Waals surface area contributed by atoms with Crippen molar-refractivity contribution in [2.75, 3.05) is 22.9 Å². The van der Waals surface area contributed by atoms with Crippen LogP contribution < -0.4 is 10.6 Å². The van der Waals surface area contributed by atoms with E-state index in [0.29, 0.717) is 11.9 Å². The lowest BCUT2D eigenvalue weighted by Gasteiger charge is -2.22. The molecular formula is C14H21N5S. The molecule has 0 amide bonds. The Labute approximate surface area is 125 Å². The maximum atomic E-state index is 5.61. The molecule has 2 rings (SSSR count). The molecule has 0 aliphatic carbocycles. The van der Waals surface area contributed by atoms with E-state index < -0.39 is 0 Å². The number of nitrogens with one attached hydrogen (secondary N) is 1. The Morgan fingerprint density at radius 1 is 1.25 bits per heavy atom. The lowest BCUT2D eigenvalue weighted by molar-refractivity contribution is 0.792. The molecule has 1 heterocycles. The van der Waals surface area contributed by atoms with Crippen LogP contribution in [-0.4, -0.2) is 27.5 Å². The molecule has 0 fully saturated rings. The van der Waals surface area contributed by atoms with Crippen LogP contribution in [0.25, 0.3) is 0 Å². The van der Waals surface area contributed by atoms with Crippen LogP contribution in [-0.2, 0) is 6.54 Å². The first-order valence-corrected chi connectivity index (χ1v) is 7.25. The molecule has 0 saturated heterocycles. The summed E-state index contributed by atoms with van der Waals surface area (Å²) < 4.78 is 0. The summed E-state index contributed by atoms with van der Waals surface area (Å²) in [6.07, 6.45) is 0. The summed E-state index contributed by atoms with van der Waals surface area (Å²) >= 11 is 4.31. The first-order valence-electron chi connectivity index (χ1n) is 6.61. The van der Waals surface area contributed by atoms with Crippen molar-refractivity contribution in [2.24, 2.45) is 0 Å². The van der Waals surface area contributed by atoms with Gasteiger partial charge in [-0.15, -0.1) is 5.10 Å². The number of anilines is 2. The van der Waals surface area contributed by atoms with Gasteiger partial charge in [-0.2, -0.15) is 17.6 Å². The van der Waals surface area contributed by atoms with Gasteiger partial charge in [-0.3, -0.25) is 0 Å². The van der Waals surface area contributed by atoms with Crippen LogP contribution in [0.1, 0.15) is 22.3 Å². The van der Waals surface area contributed by atoms with Crippen molar-refractivity contribution in [1.29, 1.82) is 0 Å². The van der Waals surface area contributed by atoms with E-state index in [4.69, 9.17) is 5.73 Å². The number of thiol groups is 1. The smallest absolute Gasteiger partial charge is 0.246 e. The first-order chi connectivity index (χ1) is 9.51. The predicted molar refractivity (Wildman–Crippen MR) is 86.4 cm³/mol. The minimum Gasteiger partial charge on any atom is -0.368 e. The molecule has 20 heavy (non-hydrogen) atoms. The number of nitrogen functional groups attached to an aromatic ring is 1. The van der Waals surface area contributed by atoms with Crippen molar-refractivity contribution in [3.63, 3.8) is 0 Å². The van der Waals surface area contributed by atoms with Crippen LogP contribution in [0, 0.1) is 20.8 Å². The van der Waals surface area contributed by atoms with Crippen molar-refractivity contribution in [3.8, 4) is 0 Å². The summed E-state index contributed by atoms with van der Waals surface area (Å²) in [7, 11) is 0. The third-order valence-corrected chi connectivity index (χ3v) is 3.53. The van der Waals surface area contributed by atoms with Gasteiger partial charge in [0.1, 0.15) is 0 Å². The molecule has 3 N–H and O–H groups in total. The Morgan fingerprint density at radius 2 is 1.90 bits per heavy atom. The van der Waals surface area contributed by atoms with Gasteiger partial charge in [-0.1, -0.05) is 17.7 Å². The summed E-state index contributed by atoms with van der Waals surface area (Å²) in [6.45, 7) is 7.93. The summed E-state index contributed by atoms with van der Waals surface area (Å²) in [6, 6.07) is 4.40. The Bertz CT molecular complexity index is 570. The van der Waals surface area contributed by atoms with Crippen LogP contribution in [0.15, 0.2) is 12.1 Å². The number of aromatic amines is 1. The normalized spacial score (nSPS) is 10.8. The van der Waals surface area contributed by atoms with E-state index in [1.165, 1.54) is 22.3 Å². The minimum atomic E-state index is 0.335. The van der Waals surface area contributed by atoms with Crippen LogP contribution in [0.3, 0.4) is 0 Å². The number of rotatable bonds is 5. The van der Waals surface area contributed by atoms with E-state index >= 15 is 0 Å². The lowest BCUT2D eigenvalue weighted by Crippen LogP contribution is -2.27. The molecule has 2 aromatic rings. The van der Waals surface area contributed by atoms with Gasteiger partial charge in [-0.25, -0.2) is 5.10 Å². The zero-order valence-corrected chi connectivity index (χ0v) is 13.0. The van der Waals surface area contributed by atoms with Crippen LogP contribution in [0.5, 0.6) is 0 Å². The molecule has 0 saturated carbocycles. The summed E-state index contributed by atoms with van der Waals surface area (Å²) in [4.78, 5) is 6.29. The zero-order valence-electron chi connectivity index (χ0n) is 12.1. The number of aryl methyl sites for hydroxylation is 3. The second-order valence-corrected chi connectivity index (χ2v) is 5.49. The van der Waals surface area contributed by atoms with Crippen molar-refractivity contribution < 1.29 is 0 Å². The molecular weight excluding hydrogens is 270 g/mol. The molecule has 0 atom stereocenters. The number of benzene rings is 1. The van der Waals surface area contributed by atoms with Gasteiger partial charge in [0.25, 0.3) is 0 Å². The quantitative estimate of drug-likeness (QED) is 0.739. The van der Waals surface area contributed by atoms with Gasteiger partial charge >= 0.3 is 0 Å². The standard InChI is InChI=1S/C14H21N5S/c1-9-6-10(2)12(11(3)7-9)8-19(4-5-20)14-16-13(15)17-18-14/h6-7,20H,4-5,8H2,1-3H3,(H3,15,16,17,18). The highest BCUT2D eigenvalue weighted by Gasteiger charge is 2.14. The largest absolute Gasteiger partial charge is 0.368 e. The summed E-state index contributed by atoms with van der Waals surface area (Å²) in [5.41, 5.74) is 10.8. The summed E-state index contributed by atoms with van der Waals surface area (Å²) in [5, 5.41) is 6.82. The number of nitrogens with two attached hydrogens (primary N) is 1. The van der Waals surface area contributed by atoms with E-state index in [-0.39, 0.29) is 0 Å². The van der Waals surface area contributed by atoms with Gasteiger partial charge in [0.05, 0.1) is 0 Å². The third kappa shape index (κ3) is 3.25. The SMILES string of the molecule is Cc1cc(C)c(CN(CCS)c2n[nH]c(N)n2)c(C)c1. The van der Waals surface area contributed by atoms with Crippen LogP contribution >= 0.6 is 12.6 Å². The Hall–Kier alpha value is -1.69. The van der Waals surface area contributed by atoms with Gasteiger partial charge in [0.15, 0.2) is 0 Å². The average Bonchev–Trinajstić information content (AvgIpc) is 2.79. The Morgan fingerprint density at radius 3 is 2.40 bits per heavy atom. The third-order valence-electron chi connectivity index (χ3n) is 3.33. The second-order valence-electron chi connectivity index (χ2n) is 5.04. The fourth-order valence-corrected chi connectivity index (χ4v) is 2.67. The molecule has 0 radical (unpaired) electrons. The van der Waals surface area contributed by atoms with Crippen molar-refractivity contribution >= 4 is 24.5 Å². The highest BCUT2D eigenvalue weighted by Crippen LogP contribution is 2.20. The molecule has 0 bridgehead atoms. The molecule has 0 aliphatic rings. The number of aromatic nitrogens is 3. The fraction of sp³-hybridized carbons (Fsp3) is 0.429. The molecule has 0 spiro atoms. The van der Waals surface area contributed by atoms with Gasteiger partial charge in [-0.05, 0) is 37.5 Å². The highest BCUT2D eigenvalue weighted by molar-refractivity contribution is 7.80. The highest BCUT2D eigenvalue weighted by atomic mass is 32.1. The van der Waals surface area contributed by atoms with E-state index in [1.807, 2.05) is 0 Å². The molecule has 5 nitrogen and oxygen atoms in total. The maximum absolute atomic E-state index is 5.61. The molecule has 1 aromatic carbocycles. The Balaban J connectivity index is 2.29. The first kappa shape index (κ1) is 14.7. The second kappa shape index (κ2) is 6.17. The fourth-order valence-electron chi connectivity index (χ4n) is 2.43. The van der Waals surface area contributed by atoms with Crippen molar-refractivity contribution in [3.05, 3.63) is 34.4 Å². The van der Waals surface area contributed by atoms with Crippen molar-refractivity contribution in [2.45, 2.75) is 27.3 Å². The number of H-pyrrole nitrogens is 1. The maximum Gasteiger partial charge on any atom is 0.246 e. The average molecular weight is 291 g/mol. The topological polar surface area (TPSA) is 70.8 Å². The minimum absolute atomic E-state index is 0.335. The van der Waals surface area contributed by atoms with Crippen molar-refractivity contribution in [1.82, 2.24) is 15.2 Å². The summed E-state index contributed by atoms with van der Waals surface area (Å²) in [5.74, 6) is 1.69. The molecule has 108 valence electrons. The lowest BCUT2D eigenvalue weighted by atomic mass is 9.99. The number of nitrogens with zero attached hydrogens (tertiary/aromatic N) is 3. The van der Waals surface area contributed by atoms with E-state index in [0.717, 1.165) is 18.8 Å². The zero-order chi connectivity index (χ0) is 14.7.